The van der Waals surface area contributed by atoms with Crippen LogP contribution in [0.2, 0.25) is 5.02 Å². The van der Waals surface area contributed by atoms with E-state index in [1.807, 2.05) is 41.4 Å². The van der Waals surface area contributed by atoms with E-state index in [-0.39, 0.29) is 17.3 Å². The lowest BCUT2D eigenvalue weighted by Crippen LogP contribution is -2.43. The minimum Gasteiger partial charge on any atom is -0.367 e. The van der Waals surface area contributed by atoms with Crippen molar-refractivity contribution in [3.05, 3.63) is 106 Å². The van der Waals surface area contributed by atoms with Crippen molar-refractivity contribution in [2.45, 2.75) is 25.3 Å². The Balaban J connectivity index is 1.30. The summed E-state index contributed by atoms with van der Waals surface area (Å²) in [6.07, 6.45) is 7.57. The van der Waals surface area contributed by atoms with Crippen LogP contribution in [0.15, 0.2) is 78.0 Å². The molecule has 1 saturated heterocycles. The van der Waals surface area contributed by atoms with Crippen molar-refractivity contribution in [1.82, 2.24) is 24.8 Å². The second kappa shape index (κ2) is 11.2. The molecule has 2 N–H and O–H groups in total. The smallest absolute Gasteiger partial charge is 0.260 e. The minimum atomic E-state index is -0.312. The summed E-state index contributed by atoms with van der Waals surface area (Å²) < 4.78 is 16.8. The normalized spacial score (nSPS) is 15.2. The molecule has 0 radical (unpaired) electrons. The van der Waals surface area contributed by atoms with Gasteiger partial charge < -0.3 is 15.5 Å². The van der Waals surface area contributed by atoms with Crippen LogP contribution in [0.1, 0.15) is 29.9 Å². The highest BCUT2D eigenvalue weighted by Gasteiger charge is 2.26. The van der Waals surface area contributed by atoms with Crippen molar-refractivity contribution in [3.63, 3.8) is 0 Å². The Labute approximate surface area is 247 Å². The number of piperazine rings is 1. The molecule has 0 unspecified atom stereocenters. The fraction of sp³-hybridized carbons (Fsp3) is 0.250. The molecule has 8 nitrogen and oxygen atoms in total. The number of hydrogen-bond acceptors (Lipinski definition) is 7. The number of nitrogens with one attached hydrogen (secondary N) is 2. The van der Waals surface area contributed by atoms with Crippen LogP contribution in [0, 0.1) is 5.82 Å². The van der Waals surface area contributed by atoms with Crippen LogP contribution >= 0.6 is 11.6 Å². The number of hydrogen-bond donors (Lipinski definition) is 2. The highest BCUT2D eigenvalue weighted by Crippen LogP contribution is 2.41. The SMILES string of the molecule is O=c1c(-c2ccccc2Cl)cc2cnc(Nc3ccc(N4CCNCC4)c(F)c3)nc2n1Cc1cnccc1C1CC1. The van der Waals surface area contributed by atoms with Crippen molar-refractivity contribution in [1.29, 1.82) is 0 Å². The molecule has 5 aromatic rings. The summed E-state index contributed by atoms with van der Waals surface area (Å²) in [5, 5.41) is 7.60. The third-order valence-corrected chi connectivity index (χ3v) is 8.27. The van der Waals surface area contributed by atoms with Crippen LogP contribution in [-0.2, 0) is 6.54 Å². The largest absolute Gasteiger partial charge is 0.367 e. The van der Waals surface area contributed by atoms with E-state index in [1.165, 1.54) is 11.6 Å². The van der Waals surface area contributed by atoms with Gasteiger partial charge in [-0.1, -0.05) is 29.8 Å². The second-order valence-corrected chi connectivity index (χ2v) is 11.2. The number of pyridine rings is 2. The highest BCUT2D eigenvalue weighted by molar-refractivity contribution is 6.33. The van der Waals surface area contributed by atoms with Gasteiger partial charge in [0.15, 0.2) is 0 Å². The predicted octanol–water partition coefficient (Wildman–Crippen LogP) is 5.72. The molecule has 2 aromatic carbocycles. The maximum absolute atomic E-state index is 15.1. The van der Waals surface area contributed by atoms with Crippen molar-refractivity contribution in [3.8, 4) is 11.1 Å². The lowest BCUT2D eigenvalue weighted by atomic mass is 10.0. The van der Waals surface area contributed by atoms with Crippen molar-refractivity contribution in [2.24, 2.45) is 0 Å². The van der Waals surface area contributed by atoms with Crippen LogP contribution in [0.4, 0.5) is 21.7 Å². The van der Waals surface area contributed by atoms with E-state index >= 15 is 4.39 Å². The van der Waals surface area contributed by atoms with E-state index in [9.17, 15) is 4.79 Å². The zero-order valence-electron chi connectivity index (χ0n) is 22.9. The van der Waals surface area contributed by atoms with Crippen LogP contribution in [0.25, 0.3) is 22.2 Å². The second-order valence-electron chi connectivity index (χ2n) is 10.8. The molecule has 1 saturated carbocycles. The van der Waals surface area contributed by atoms with Crippen molar-refractivity contribution >= 4 is 40.0 Å². The maximum atomic E-state index is 15.1. The summed E-state index contributed by atoms with van der Waals surface area (Å²) in [5.74, 6) is 0.444. The molecule has 1 aliphatic heterocycles. The number of halogens is 2. The molecule has 7 rings (SSSR count). The van der Waals surface area contributed by atoms with E-state index in [0.29, 0.717) is 51.0 Å². The number of anilines is 3. The lowest BCUT2D eigenvalue weighted by Gasteiger charge is -2.29. The van der Waals surface area contributed by atoms with Gasteiger partial charge in [-0.25, -0.2) is 9.37 Å². The monoisotopic (exact) mass is 581 g/mol. The molecule has 0 atom stereocenters. The zero-order valence-corrected chi connectivity index (χ0v) is 23.6. The average Bonchev–Trinajstić information content (AvgIpc) is 3.86. The summed E-state index contributed by atoms with van der Waals surface area (Å²) in [4.78, 5) is 29.7. The fourth-order valence-corrected chi connectivity index (χ4v) is 5.88. The van der Waals surface area contributed by atoms with Crippen LogP contribution in [0.3, 0.4) is 0 Å². The van der Waals surface area contributed by atoms with E-state index in [1.54, 1.807) is 35.2 Å². The van der Waals surface area contributed by atoms with E-state index < -0.39 is 0 Å². The van der Waals surface area contributed by atoms with E-state index in [2.05, 4.69) is 20.6 Å². The lowest BCUT2D eigenvalue weighted by molar-refractivity contribution is 0.566. The van der Waals surface area contributed by atoms with Gasteiger partial charge in [-0.05, 0) is 66.3 Å². The maximum Gasteiger partial charge on any atom is 0.260 e. The minimum absolute atomic E-state index is 0.211. The van der Waals surface area contributed by atoms with Gasteiger partial charge in [-0.3, -0.25) is 14.3 Å². The summed E-state index contributed by atoms with van der Waals surface area (Å²) in [6, 6.07) is 16.2. The molecular weight excluding hydrogens is 553 g/mol. The quantitative estimate of drug-likeness (QED) is 0.254. The third kappa shape index (κ3) is 5.21. The van der Waals surface area contributed by atoms with Gasteiger partial charge in [0.1, 0.15) is 11.5 Å². The molecular formula is C32H29ClFN7O. The van der Waals surface area contributed by atoms with Crippen LogP contribution in [0.5, 0.6) is 0 Å². The molecule has 1 aliphatic carbocycles. The number of nitrogens with zero attached hydrogens (tertiary/aromatic N) is 5. The molecule has 42 heavy (non-hydrogen) atoms. The van der Waals surface area contributed by atoms with Gasteiger partial charge in [0, 0.05) is 72.0 Å². The zero-order chi connectivity index (χ0) is 28.6. The van der Waals surface area contributed by atoms with E-state index in [0.717, 1.165) is 44.6 Å². The van der Waals surface area contributed by atoms with Crippen molar-refractivity contribution < 1.29 is 4.39 Å². The van der Waals surface area contributed by atoms with Gasteiger partial charge >= 0.3 is 0 Å². The molecule has 4 heterocycles. The number of fused-ring (bicyclic) bond motifs is 1. The average molecular weight is 582 g/mol. The van der Waals surface area contributed by atoms with Crippen LogP contribution in [-0.4, -0.2) is 45.7 Å². The van der Waals surface area contributed by atoms with Crippen LogP contribution < -0.4 is 21.1 Å². The summed E-state index contributed by atoms with van der Waals surface area (Å²) >= 11 is 6.52. The van der Waals surface area contributed by atoms with E-state index in [4.69, 9.17) is 16.6 Å². The topological polar surface area (TPSA) is 88.0 Å². The Hall–Kier alpha value is -4.34. The van der Waals surface area contributed by atoms with Gasteiger partial charge in [0.2, 0.25) is 5.95 Å². The molecule has 10 heteroatoms. The van der Waals surface area contributed by atoms with Gasteiger partial charge in [0.05, 0.1) is 12.2 Å². The molecule has 0 spiro atoms. The number of benzene rings is 2. The molecule has 2 fully saturated rings. The van der Waals surface area contributed by atoms with Gasteiger partial charge in [-0.15, -0.1) is 0 Å². The third-order valence-electron chi connectivity index (χ3n) is 7.94. The fourth-order valence-electron chi connectivity index (χ4n) is 5.65. The predicted molar refractivity (Wildman–Crippen MR) is 164 cm³/mol. The first-order valence-corrected chi connectivity index (χ1v) is 14.5. The number of aromatic nitrogens is 4. The highest BCUT2D eigenvalue weighted by atomic mass is 35.5. The Morgan fingerprint density at radius 1 is 1.02 bits per heavy atom. The van der Waals surface area contributed by atoms with Crippen molar-refractivity contribution in [2.75, 3.05) is 36.4 Å². The molecule has 0 amide bonds. The summed E-state index contributed by atoms with van der Waals surface area (Å²) in [5.41, 5.74) is 4.67. The number of rotatable bonds is 7. The first-order valence-electron chi connectivity index (χ1n) is 14.2. The molecule has 212 valence electrons. The summed E-state index contributed by atoms with van der Waals surface area (Å²) in [6.45, 7) is 3.46. The Kier molecular flexibility index (Phi) is 7.05. The molecule has 0 bridgehead atoms. The molecule has 3 aromatic heterocycles. The Morgan fingerprint density at radius 2 is 1.86 bits per heavy atom. The first kappa shape index (κ1) is 26.6. The Bertz CT molecular complexity index is 1850. The Morgan fingerprint density at radius 3 is 2.64 bits per heavy atom. The van der Waals surface area contributed by atoms with Gasteiger partial charge in [0.25, 0.3) is 5.56 Å². The standard InChI is InChI=1S/C32H29ClFN7O/c33-27-4-2-1-3-25(27)26-15-21-18-37-32(38-23-7-8-29(28(34)16-23)40-13-11-35-12-14-40)39-30(21)41(31(26)42)19-22-17-36-10-9-24(22)20-5-6-20/h1-4,7-10,15-18,20,35H,5-6,11-14,19H2,(H,37,38,39). The first-order chi connectivity index (χ1) is 20.5. The van der Waals surface area contributed by atoms with Gasteiger partial charge in [-0.2, -0.15) is 4.98 Å². The summed E-state index contributed by atoms with van der Waals surface area (Å²) in [7, 11) is 0. The molecule has 2 aliphatic rings.